The van der Waals surface area contributed by atoms with Crippen molar-refractivity contribution in [1.29, 1.82) is 0 Å². The summed E-state index contributed by atoms with van der Waals surface area (Å²) in [6, 6.07) is 5.47. The van der Waals surface area contributed by atoms with E-state index < -0.39 is 0 Å². The molecule has 2 aromatic heterocycles. The lowest BCUT2D eigenvalue weighted by atomic mass is 10.2. The van der Waals surface area contributed by atoms with Crippen LogP contribution in [0.5, 0.6) is 0 Å². The quantitative estimate of drug-likeness (QED) is 0.801. The second-order valence-corrected chi connectivity index (χ2v) is 3.99. The Morgan fingerprint density at radius 2 is 2.41 bits per heavy atom. The van der Waals surface area contributed by atoms with E-state index in [1.165, 1.54) is 0 Å². The van der Waals surface area contributed by atoms with Gasteiger partial charge in [-0.15, -0.1) is 0 Å². The highest BCUT2D eigenvalue weighted by Crippen LogP contribution is 2.13. The lowest BCUT2D eigenvalue weighted by Crippen LogP contribution is -2.14. The Balaban J connectivity index is 2.11. The maximum absolute atomic E-state index is 5.60. The van der Waals surface area contributed by atoms with Crippen LogP contribution in [0.4, 0.5) is 5.82 Å². The number of hydrogen-bond acceptors (Lipinski definition) is 5. The molecule has 0 aromatic carbocycles. The molecule has 0 saturated carbocycles. The lowest BCUT2D eigenvalue weighted by molar-refractivity contribution is 0.384. The van der Waals surface area contributed by atoms with Crippen LogP contribution in [0.1, 0.15) is 17.0 Å². The van der Waals surface area contributed by atoms with E-state index in [9.17, 15) is 0 Å². The van der Waals surface area contributed by atoms with Gasteiger partial charge >= 0.3 is 0 Å². The molecule has 0 aliphatic carbocycles. The number of nitrogens with zero attached hydrogens (tertiary/aromatic N) is 2. The van der Waals surface area contributed by atoms with Crippen molar-refractivity contribution >= 4 is 23.0 Å². The van der Waals surface area contributed by atoms with E-state index in [0.29, 0.717) is 17.4 Å². The number of nitrogens with one attached hydrogen (secondary N) is 1. The fraction of sp³-hybridized carbons (Fsp3) is 0.182. The van der Waals surface area contributed by atoms with Crippen LogP contribution in [-0.2, 0) is 6.54 Å². The average Bonchev–Trinajstić information content (AvgIpc) is 2.73. The van der Waals surface area contributed by atoms with Gasteiger partial charge in [0.15, 0.2) is 5.76 Å². The molecule has 0 atom stereocenters. The number of thiocarbonyl (C=S) groups is 1. The van der Waals surface area contributed by atoms with Gasteiger partial charge < -0.3 is 15.6 Å². The van der Waals surface area contributed by atoms with Crippen molar-refractivity contribution in [2.75, 3.05) is 5.32 Å². The number of aryl methyl sites for hydroxylation is 1. The summed E-state index contributed by atoms with van der Waals surface area (Å²) in [6.45, 7) is 2.36. The fourth-order valence-electron chi connectivity index (χ4n) is 1.42. The highest BCUT2D eigenvalue weighted by molar-refractivity contribution is 7.80. The third-order valence-corrected chi connectivity index (χ3v) is 2.40. The van der Waals surface area contributed by atoms with Crippen LogP contribution in [0, 0.1) is 6.92 Å². The summed E-state index contributed by atoms with van der Waals surface area (Å²) in [5, 5.41) is 6.91. The maximum Gasteiger partial charge on any atom is 0.156 e. The molecule has 0 aliphatic heterocycles. The standard InChI is InChI=1S/C11H12N4OS/c1-7-5-8(16-15-7)6-14-11-9(10(12)17)3-2-4-13-11/h2-5H,6H2,1H3,(H2,12,17)(H,13,14). The molecule has 0 radical (unpaired) electrons. The molecule has 0 unspecified atom stereocenters. The number of hydrogen-bond donors (Lipinski definition) is 2. The zero-order chi connectivity index (χ0) is 12.3. The molecule has 0 saturated heterocycles. The number of nitrogens with two attached hydrogens (primary N) is 1. The lowest BCUT2D eigenvalue weighted by Gasteiger charge is -2.07. The Hall–Kier alpha value is -1.95. The van der Waals surface area contributed by atoms with E-state index in [2.05, 4.69) is 15.5 Å². The van der Waals surface area contributed by atoms with Crippen molar-refractivity contribution in [3.8, 4) is 0 Å². The first-order valence-electron chi connectivity index (χ1n) is 5.07. The third kappa shape index (κ3) is 2.79. The molecular formula is C11H12N4OS. The summed E-state index contributed by atoms with van der Waals surface area (Å²) in [4.78, 5) is 4.50. The van der Waals surface area contributed by atoms with Gasteiger partial charge in [0, 0.05) is 12.3 Å². The molecule has 0 bridgehead atoms. The van der Waals surface area contributed by atoms with E-state index >= 15 is 0 Å². The summed E-state index contributed by atoms with van der Waals surface area (Å²) < 4.78 is 5.08. The second kappa shape index (κ2) is 4.92. The highest BCUT2D eigenvalue weighted by atomic mass is 32.1. The van der Waals surface area contributed by atoms with Crippen molar-refractivity contribution in [2.24, 2.45) is 5.73 Å². The Kier molecular flexibility index (Phi) is 3.34. The average molecular weight is 248 g/mol. The molecule has 0 fully saturated rings. The topological polar surface area (TPSA) is 77.0 Å². The van der Waals surface area contributed by atoms with Crippen molar-refractivity contribution in [3.63, 3.8) is 0 Å². The number of anilines is 1. The molecule has 0 amide bonds. The molecular weight excluding hydrogens is 236 g/mol. The smallest absolute Gasteiger partial charge is 0.156 e. The first-order chi connectivity index (χ1) is 8.16. The minimum Gasteiger partial charge on any atom is -0.389 e. The SMILES string of the molecule is Cc1cc(CNc2ncccc2C(N)=S)on1. The van der Waals surface area contributed by atoms with E-state index in [0.717, 1.165) is 17.0 Å². The van der Waals surface area contributed by atoms with Crippen LogP contribution in [0.2, 0.25) is 0 Å². The Bertz CT molecular complexity index is 538. The van der Waals surface area contributed by atoms with Gasteiger partial charge in [0.1, 0.15) is 10.8 Å². The summed E-state index contributed by atoms with van der Waals surface area (Å²) in [5.74, 6) is 1.39. The summed E-state index contributed by atoms with van der Waals surface area (Å²) in [7, 11) is 0. The molecule has 2 rings (SSSR count). The Labute approximate surface area is 104 Å². The van der Waals surface area contributed by atoms with E-state index in [1.807, 2.05) is 19.1 Å². The largest absolute Gasteiger partial charge is 0.389 e. The first-order valence-corrected chi connectivity index (χ1v) is 5.48. The number of rotatable bonds is 4. The maximum atomic E-state index is 5.60. The van der Waals surface area contributed by atoms with E-state index in [4.69, 9.17) is 22.5 Å². The van der Waals surface area contributed by atoms with Crippen LogP contribution >= 0.6 is 12.2 Å². The molecule has 0 aliphatic rings. The Morgan fingerprint density at radius 3 is 3.06 bits per heavy atom. The fourth-order valence-corrected chi connectivity index (χ4v) is 1.58. The van der Waals surface area contributed by atoms with Gasteiger partial charge in [0.05, 0.1) is 17.8 Å². The predicted molar refractivity (Wildman–Crippen MR) is 68.7 cm³/mol. The van der Waals surface area contributed by atoms with Gasteiger partial charge in [-0.25, -0.2) is 4.98 Å². The molecule has 0 spiro atoms. The molecule has 2 heterocycles. The summed E-state index contributed by atoms with van der Waals surface area (Å²) in [5.41, 5.74) is 7.17. The molecule has 6 heteroatoms. The van der Waals surface area contributed by atoms with Crippen molar-refractivity contribution < 1.29 is 4.52 Å². The predicted octanol–water partition coefficient (Wildman–Crippen LogP) is 1.62. The van der Waals surface area contributed by atoms with Gasteiger partial charge in [0.2, 0.25) is 0 Å². The minimum absolute atomic E-state index is 0.314. The molecule has 3 N–H and O–H groups in total. The molecule has 88 valence electrons. The van der Waals surface area contributed by atoms with Crippen LogP contribution in [0.15, 0.2) is 28.9 Å². The zero-order valence-electron chi connectivity index (χ0n) is 9.30. The van der Waals surface area contributed by atoms with Gasteiger partial charge in [0.25, 0.3) is 0 Å². The van der Waals surface area contributed by atoms with E-state index in [-0.39, 0.29) is 0 Å². The van der Waals surface area contributed by atoms with Crippen LogP contribution in [0.3, 0.4) is 0 Å². The summed E-state index contributed by atoms with van der Waals surface area (Å²) >= 11 is 4.95. The van der Waals surface area contributed by atoms with E-state index in [1.54, 1.807) is 12.3 Å². The third-order valence-electron chi connectivity index (χ3n) is 2.18. The summed E-state index contributed by atoms with van der Waals surface area (Å²) in [6.07, 6.45) is 1.68. The van der Waals surface area contributed by atoms with Gasteiger partial charge in [-0.3, -0.25) is 0 Å². The molecule has 2 aromatic rings. The van der Waals surface area contributed by atoms with Crippen molar-refractivity contribution in [1.82, 2.24) is 10.1 Å². The monoisotopic (exact) mass is 248 g/mol. The van der Waals surface area contributed by atoms with Crippen LogP contribution in [0.25, 0.3) is 0 Å². The van der Waals surface area contributed by atoms with Crippen LogP contribution < -0.4 is 11.1 Å². The first kappa shape index (κ1) is 11.5. The minimum atomic E-state index is 0.314. The van der Waals surface area contributed by atoms with Crippen molar-refractivity contribution in [3.05, 3.63) is 41.4 Å². The van der Waals surface area contributed by atoms with Crippen molar-refractivity contribution in [2.45, 2.75) is 13.5 Å². The molecule has 5 nitrogen and oxygen atoms in total. The molecule has 17 heavy (non-hydrogen) atoms. The van der Waals surface area contributed by atoms with Gasteiger partial charge in [-0.2, -0.15) is 0 Å². The van der Waals surface area contributed by atoms with Gasteiger partial charge in [-0.05, 0) is 19.1 Å². The Morgan fingerprint density at radius 1 is 1.59 bits per heavy atom. The van der Waals surface area contributed by atoms with Crippen LogP contribution in [-0.4, -0.2) is 15.1 Å². The number of aromatic nitrogens is 2. The highest BCUT2D eigenvalue weighted by Gasteiger charge is 2.06. The normalized spacial score (nSPS) is 10.2. The zero-order valence-corrected chi connectivity index (χ0v) is 10.1. The number of pyridine rings is 1. The second-order valence-electron chi connectivity index (χ2n) is 3.55. The van der Waals surface area contributed by atoms with Gasteiger partial charge in [-0.1, -0.05) is 17.4 Å².